The SMILES string of the molecule is CCNC(=NCc1ccc(N2CCCCCC2)nc1)NCC(CC)(CC)CCO. The van der Waals surface area contributed by atoms with Crippen LogP contribution in [-0.4, -0.2) is 48.8 Å². The van der Waals surface area contributed by atoms with Crippen LogP contribution in [-0.2, 0) is 6.54 Å². The molecule has 1 fully saturated rings. The predicted octanol–water partition coefficient (Wildman–Crippen LogP) is 3.71. The molecule has 164 valence electrons. The molecular formula is C23H41N5O. The molecule has 1 saturated heterocycles. The van der Waals surface area contributed by atoms with Crippen molar-refractivity contribution in [2.45, 2.75) is 72.3 Å². The van der Waals surface area contributed by atoms with Crippen LogP contribution in [0.25, 0.3) is 0 Å². The minimum atomic E-state index is 0.112. The first-order valence-electron chi connectivity index (χ1n) is 11.5. The molecule has 1 aliphatic heterocycles. The van der Waals surface area contributed by atoms with E-state index in [-0.39, 0.29) is 12.0 Å². The minimum absolute atomic E-state index is 0.112. The summed E-state index contributed by atoms with van der Waals surface area (Å²) in [7, 11) is 0. The van der Waals surface area contributed by atoms with Gasteiger partial charge in [0.1, 0.15) is 5.82 Å². The third-order valence-electron chi connectivity index (χ3n) is 6.28. The molecule has 0 aliphatic carbocycles. The van der Waals surface area contributed by atoms with Gasteiger partial charge in [0.25, 0.3) is 0 Å². The van der Waals surface area contributed by atoms with Crippen LogP contribution in [0.3, 0.4) is 0 Å². The van der Waals surface area contributed by atoms with Gasteiger partial charge in [-0.2, -0.15) is 0 Å². The summed E-state index contributed by atoms with van der Waals surface area (Å²) in [4.78, 5) is 11.8. The van der Waals surface area contributed by atoms with E-state index in [1.807, 2.05) is 6.20 Å². The Balaban J connectivity index is 1.96. The van der Waals surface area contributed by atoms with E-state index in [0.717, 1.165) is 62.8 Å². The van der Waals surface area contributed by atoms with Crippen LogP contribution in [0.1, 0.15) is 71.3 Å². The van der Waals surface area contributed by atoms with Crippen LogP contribution >= 0.6 is 0 Å². The van der Waals surface area contributed by atoms with Gasteiger partial charge in [-0.25, -0.2) is 9.98 Å². The van der Waals surface area contributed by atoms with Crippen LogP contribution in [0.5, 0.6) is 0 Å². The maximum absolute atomic E-state index is 9.43. The molecule has 2 rings (SSSR count). The summed E-state index contributed by atoms with van der Waals surface area (Å²) in [5, 5.41) is 16.3. The van der Waals surface area contributed by atoms with Gasteiger partial charge in [-0.05, 0) is 56.1 Å². The highest BCUT2D eigenvalue weighted by Crippen LogP contribution is 2.29. The Hall–Kier alpha value is -1.82. The Bertz CT molecular complexity index is 590. The number of nitrogens with zero attached hydrogens (tertiary/aromatic N) is 3. The smallest absolute Gasteiger partial charge is 0.191 e. The molecule has 1 aliphatic rings. The summed E-state index contributed by atoms with van der Waals surface area (Å²) in [6.45, 7) is 11.2. The van der Waals surface area contributed by atoms with Gasteiger partial charge in [-0.1, -0.05) is 32.8 Å². The van der Waals surface area contributed by atoms with Crippen LogP contribution in [0.2, 0.25) is 0 Å². The molecule has 6 heteroatoms. The Labute approximate surface area is 177 Å². The third kappa shape index (κ3) is 7.50. The molecule has 0 unspecified atom stereocenters. The predicted molar refractivity (Wildman–Crippen MR) is 122 cm³/mol. The maximum atomic E-state index is 9.43. The van der Waals surface area contributed by atoms with E-state index < -0.39 is 0 Å². The maximum Gasteiger partial charge on any atom is 0.191 e. The molecule has 0 atom stereocenters. The molecule has 0 spiro atoms. The zero-order valence-corrected chi connectivity index (χ0v) is 18.7. The van der Waals surface area contributed by atoms with E-state index in [1.165, 1.54) is 25.7 Å². The lowest BCUT2D eigenvalue weighted by Crippen LogP contribution is -2.43. The van der Waals surface area contributed by atoms with Gasteiger partial charge in [0.2, 0.25) is 0 Å². The van der Waals surface area contributed by atoms with Gasteiger partial charge >= 0.3 is 0 Å². The number of aliphatic imine (C=N–C) groups is 1. The van der Waals surface area contributed by atoms with Crippen molar-refractivity contribution in [1.82, 2.24) is 15.6 Å². The van der Waals surface area contributed by atoms with Crippen molar-refractivity contribution in [3.8, 4) is 0 Å². The molecule has 6 nitrogen and oxygen atoms in total. The summed E-state index contributed by atoms with van der Waals surface area (Å²) < 4.78 is 0. The second kappa shape index (κ2) is 12.7. The number of anilines is 1. The summed E-state index contributed by atoms with van der Waals surface area (Å²) >= 11 is 0. The van der Waals surface area contributed by atoms with Crippen molar-refractivity contribution >= 4 is 11.8 Å². The van der Waals surface area contributed by atoms with Crippen molar-refractivity contribution in [2.75, 3.05) is 37.7 Å². The van der Waals surface area contributed by atoms with Crippen molar-refractivity contribution in [2.24, 2.45) is 10.4 Å². The zero-order valence-electron chi connectivity index (χ0n) is 18.7. The monoisotopic (exact) mass is 403 g/mol. The van der Waals surface area contributed by atoms with Crippen LogP contribution < -0.4 is 15.5 Å². The van der Waals surface area contributed by atoms with Gasteiger partial charge in [0.05, 0.1) is 6.54 Å². The zero-order chi connectivity index (χ0) is 21.0. The standard InChI is InChI=1S/C23H41N5O/c1-4-23(5-2,13-16-29)19-27-22(24-6-3)26-18-20-11-12-21(25-17-20)28-14-9-7-8-10-15-28/h11-12,17,29H,4-10,13-16,18-19H2,1-3H3,(H2,24,26,27). The number of aliphatic hydroxyl groups is 1. The fourth-order valence-electron chi connectivity index (χ4n) is 3.96. The molecular weight excluding hydrogens is 362 g/mol. The number of guanidine groups is 1. The second-order valence-electron chi connectivity index (χ2n) is 8.16. The molecule has 29 heavy (non-hydrogen) atoms. The van der Waals surface area contributed by atoms with Gasteiger partial charge < -0.3 is 20.6 Å². The van der Waals surface area contributed by atoms with Crippen molar-refractivity contribution in [3.63, 3.8) is 0 Å². The Morgan fingerprint density at radius 3 is 2.38 bits per heavy atom. The quantitative estimate of drug-likeness (QED) is 0.410. The van der Waals surface area contributed by atoms with Crippen molar-refractivity contribution < 1.29 is 5.11 Å². The van der Waals surface area contributed by atoms with Crippen LogP contribution in [0.15, 0.2) is 23.3 Å². The van der Waals surface area contributed by atoms with Crippen LogP contribution in [0, 0.1) is 5.41 Å². The first-order chi connectivity index (χ1) is 14.2. The molecule has 0 aromatic carbocycles. The van der Waals surface area contributed by atoms with Crippen LogP contribution in [0.4, 0.5) is 5.82 Å². The van der Waals surface area contributed by atoms with E-state index in [2.05, 4.69) is 48.4 Å². The third-order valence-corrected chi connectivity index (χ3v) is 6.28. The Kier molecular flexibility index (Phi) is 10.3. The summed E-state index contributed by atoms with van der Waals surface area (Å²) in [5.74, 6) is 1.91. The molecule has 0 saturated carbocycles. The molecule has 3 N–H and O–H groups in total. The summed E-state index contributed by atoms with van der Waals surface area (Å²) in [5.41, 5.74) is 1.23. The topological polar surface area (TPSA) is 72.8 Å². The number of aliphatic hydroxyl groups excluding tert-OH is 1. The largest absolute Gasteiger partial charge is 0.396 e. The van der Waals surface area contributed by atoms with E-state index in [1.54, 1.807) is 0 Å². The Morgan fingerprint density at radius 1 is 1.10 bits per heavy atom. The van der Waals surface area contributed by atoms with E-state index in [4.69, 9.17) is 9.98 Å². The highest BCUT2D eigenvalue weighted by molar-refractivity contribution is 5.79. The molecule has 2 heterocycles. The molecule has 0 bridgehead atoms. The number of hydrogen-bond acceptors (Lipinski definition) is 4. The van der Waals surface area contributed by atoms with E-state index in [9.17, 15) is 5.11 Å². The number of aromatic nitrogens is 1. The summed E-state index contributed by atoms with van der Waals surface area (Å²) in [6.07, 6.45) is 10.0. The fourth-order valence-corrected chi connectivity index (χ4v) is 3.96. The normalized spacial score (nSPS) is 15.9. The minimum Gasteiger partial charge on any atom is -0.396 e. The van der Waals surface area contributed by atoms with E-state index >= 15 is 0 Å². The average molecular weight is 404 g/mol. The second-order valence-corrected chi connectivity index (χ2v) is 8.16. The van der Waals surface area contributed by atoms with E-state index in [0.29, 0.717) is 6.54 Å². The Morgan fingerprint density at radius 2 is 1.83 bits per heavy atom. The highest BCUT2D eigenvalue weighted by atomic mass is 16.3. The van der Waals surface area contributed by atoms with Gasteiger partial charge in [-0.3, -0.25) is 0 Å². The summed E-state index contributed by atoms with van der Waals surface area (Å²) in [6, 6.07) is 4.28. The molecule has 0 radical (unpaired) electrons. The number of rotatable bonds is 10. The lowest BCUT2D eigenvalue weighted by Gasteiger charge is -2.32. The first kappa shape index (κ1) is 23.5. The van der Waals surface area contributed by atoms with Crippen molar-refractivity contribution in [1.29, 1.82) is 0 Å². The average Bonchev–Trinajstić information content (AvgIpc) is 3.05. The number of pyridine rings is 1. The molecule has 0 amide bonds. The van der Waals surface area contributed by atoms with Crippen molar-refractivity contribution in [3.05, 3.63) is 23.9 Å². The highest BCUT2D eigenvalue weighted by Gasteiger charge is 2.25. The van der Waals surface area contributed by atoms with Gasteiger partial charge in [0, 0.05) is 39.0 Å². The lowest BCUT2D eigenvalue weighted by atomic mass is 9.79. The van der Waals surface area contributed by atoms with Gasteiger partial charge in [-0.15, -0.1) is 0 Å². The first-order valence-corrected chi connectivity index (χ1v) is 11.5. The fraction of sp³-hybridized carbons (Fsp3) is 0.739. The molecule has 1 aromatic heterocycles. The molecule has 1 aromatic rings. The number of hydrogen-bond donors (Lipinski definition) is 3. The lowest BCUT2D eigenvalue weighted by molar-refractivity contribution is 0.169. The van der Waals surface area contributed by atoms with Gasteiger partial charge in [0.15, 0.2) is 5.96 Å². The number of nitrogens with one attached hydrogen (secondary N) is 2.